The van der Waals surface area contributed by atoms with Crippen molar-refractivity contribution in [3.63, 3.8) is 0 Å². The third-order valence-electron chi connectivity index (χ3n) is 2.97. The summed E-state index contributed by atoms with van der Waals surface area (Å²) in [6.45, 7) is 3.14. The number of likely N-dealkylation sites (N-methyl/N-ethyl adjacent to an activating group) is 1. The number of hydrogen-bond donors (Lipinski definition) is 2. The summed E-state index contributed by atoms with van der Waals surface area (Å²) in [5.74, 6) is -1.25. The molecule has 21 heavy (non-hydrogen) atoms. The second-order valence-electron chi connectivity index (χ2n) is 4.57. The molecule has 1 rings (SSSR count). The molecular formula is C12H20IN3O5. The van der Waals surface area contributed by atoms with Crippen LogP contribution in [-0.2, 0) is 19.2 Å². The molecule has 0 radical (unpaired) electrons. The highest BCUT2D eigenvalue weighted by Gasteiger charge is 2.32. The Labute approximate surface area is 136 Å². The van der Waals surface area contributed by atoms with Gasteiger partial charge in [0.05, 0.1) is 17.5 Å². The summed E-state index contributed by atoms with van der Waals surface area (Å²) >= 11 is 2.17. The first-order valence-corrected chi connectivity index (χ1v) is 8.26. The van der Waals surface area contributed by atoms with Gasteiger partial charge in [0, 0.05) is 19.4 Å². The van der Waals surface area contributed by atoms with Crippen LogP contribution in [0.2, 0.25) is 0 Å². The molecule has 0 saturated carbocycles. The normalized spacial score (nSPS) is 18.2. The quantitative estimate of drug-likeness (QED) is 0.320. The van der Waals surface area contributed by atoms with Crippen LogP contribution in [0, 0.1) is 0 Å². The van der Waals surface area contributed by atoms with Crippen molar-refractivity contribution >= 4 is 40.4 Å². The minimum Gasteiger partial charge on any atom is -0.370 e. The maximum atomic E-state index is 11.6. The van der Waals surface area contributed by atoms with Crippen LogP contribution in [-0.4, -0.2) is 63.3 Å². The Morgan fingerprint density at radius 3 is 2.81 bits per heavy atom. The van der Waals surface area contributed by atoms with E-state index >= 15 is 0 Å². The zero-order valence-electron chi connectivity index (χ0n) is 11.9. The van der Waals surface area contributed by atoms with Gasteiger partial charge in [0.1, 0.15) is 0 Å². The van der Waals surface area contributed by atoms with E-state index in [2.05, 4.69) is 27.9 Å². The van der Waals surface area contributed by atoms with Gasteiger partial charge in [0.15, 0.2) is 6.23 Å². The highest BCUT2D eigenvalue weighted by atomic mass is 127. The largest absolute Gasteiger partial charge is 0.370 e. The van der Waals surface area contributed by atoms with E-state index in [0.717, 1.165) is 11.1 Å². The Balaban J connectivity index is 2.21. The first kappa shape index (κ1) is 18.1. The summed E-state index contributed by atoms with van der Waals surface area (Å²) in [6, 6.07) is 0. The van der Waals surface area contributed by atoms with Crippen LogP contribution in [0.5, 0.6) is 0 Å². The molecule has 0 aliphatic carbocycles. The molecular weight excluding hydrogens is 393 g/mol. The number of alkyl halides is 1. The molecule has 1 aliphatic rings. The van der Waals surface area contributed by atoms with Crippen LogP contribution in [0.4, 0.5) is 0 Å². The molecule has 2 amide bonds. The molecule has 0 bridgehead atoms. The Morgan fingerprint density at radius 2 is 2.29 bits per heavy atom. The molecule has 1 unspecified atom stereocenters. The number of carbonyl (C=O) groups is 3. The molecule has 2 N–H and O–H groups in total. The van der Waals surface area contributed by atoms with E-state index in [1.165, 1.54) is 0 Å². The number of hydroxylamine groups is 2. The van der Waals surface area contributed by atoms with Crippen molar-refractivity contribution in [2.24, 2.45) is 0 Å². The summed E-state index contributed by atoms with van der Waals surface area (Å²) in [7, 11) is 0. The number of hydrogen-bond acceptors (Lipinski definition) is 6. The molecule has 1 heterocycles. The fourth-order valence-corrected chi connectivity index (χ4v) is 2.44. The second kappa shape index (κ2) is 9.15. The van der Waals surface area contributed by atoms with Crippen molar-refractivity contribution in [2.75, 3.05) is 24.2 Å². The summed E-state index contributed by atoms with van der Waals surface area (Å²) in [5.41, 5.74) is 0. The van der Waals surface area contributed by atoms with Crippen LogP contribution >= 0.6 is 22.6 Å². The number of nitrogens with zero attached hydrogens (tertiary/aromatic N) is 2. The first-order valence-electron chi connectivity index (χ1n) is 6.73. The Kier molecular flexibility index (Phi) is 7.89. The summed E-state index contributed by atoms with van der Waals surface area (Å²) in [4.78, 5) is 41.1. The minimum atomic E-state index is -1.07. The lowest BCUT2D eigenvalue weighted by atomic mass is 10.4. The van der Waals surface area contributed by atoms with Gasteiger partial charge in [-0.25, -0.2) is 4.79 Å². The van der Waals surface area contributed by atoms with Gasteiger partial charge in [0.25, 0.3) is 5.91 Å². The fraction of sp³-hybridized carbons (Fsp3) is 0.750. The Hall–Kier alpha value is -0.940. The van der Waals surface area contributed by atoms with E-state index in [1.54, 1.807) is 0 Å². The third-order valence-corrected chi connectivity index (χ3v) is 3.93. The maximum absolute atomic E-state index is 11.6. The zero-order valence-corrected chi connectivity index (χ0v) is 14.0. The van der Waals surface area contributed by atoms with E-state index in [1.807, 2.05) is 11.8 Å². The number of aliphatic hydroxyl groups excluding tert-OH is 1. The minimum absolute atomic E-state index is 0.0569. The lowest BCUT2D eigenvalue weighted by Crippen LogP contribution is -2.38. The van der Waals surface area contributed by atoms with Gasteiger partial charge >= 0.3 is 5.97 Å². The topological polar surface area (TPSA) is 99.2 Å². The van der Waals surface area contributed by atoms with E-state index < -0.39 is 18.1 Å². The van der Waals surface area contributed by atoms with Crippen LogP contribution in [0.25, 0.3) is 0 Å². The summed E-state index contributed by atoms with van der Waals surface area (Å²) in [5, 5.41) is 12.7. The van der Waals surface area contributed by atoms with Gasteiger partial charge in [-0.2, -0.15) is 0 Å². The zero-order chi connectivity index (χ0) is 15.8. The monoisotopic (exact) mass is 413 g/mol. The average molecular weight is 413 g/mol. The highest BCUT2D eigenvalue weighted by molar-refractivity contribution is 14.1. The van der Waals surface area contributed by atoms with Crippen LogP contribution < -0.4 is 5.32 Å². The lowest BCUT2D eigenvalue weighted by molar-refractivity contribution is -0.220. The standard InChI is InChI=1S/C12H20IN3O5/c1-2-15(8-13)7-9(17)14-6-5-12(20)21-16-10(18)3-4-11(16)19/h10,18H,2-8H2,1H3,(H,14,17). The van der Waals surface area contributed by atoms with Crippen molar-refractivity contribution in [1.29, 1.82) is 0 Å². The van der Waals surface area contributed by atoms with Crippen LogP contribution in [0.1, 0.15) is 26.2 Å². The van der Waals surface area contributed by atoms with Crippen LogP contribution in [0.15, 0.2) is 0 Å². The molecule has 0 aromatic rings. The number of halogens is 1. The number of nitrogens with one attached hydrogen (secondary N) is 1. The van der Waals surface area contributed by atoms with Crippen LogP contribution in [0.3, 0.4) is 0 Å². The van der Waals surface area contributed by atoms with Gasteiger partial charge in [-0.1, -0.05) is 29.5 Å². The predicted molar refractivity (Wildman–Crippen MR) is 81.9 cm³/mol. The molecule has 0 spiro atoms. The third kappa shape index (κ3) is 6.14. The van der Waals surface area contributed by atoms with Gasteiger partial charge in [-0.15, -0.1) is 5.06 Å². The van der Waals surface area contributed by atoms with Crippen molar-refractivity contribution < 1.29 is 24.3 Å². The molecule has 1 aliphatic heterocycles. The summed E-state index contributed by atoms with van der Waals surface area (Å²) < 4.78 is 0.749. The summed E-state index contributed by atoms with van der Waals surface area (Å²) in [6.07, 6.45) is -0.711. The molecule has 0 aromatic heterocycles. The number of amides is 2. The van der Waals surface area contributed by atoms with Crippen molar-refractivity contribution in [1.82, 2.24) is 15.3 Å². The van der Waals surface area contributed by atoms with E-state index in [4.69, 9.17) is 4.84 Å². The Bertz CT molecular complexity index is 389. The highest BCUT2D eigenvalue weighted by Crippen LogP contribution is 2.16. The molecule has 0 aromatic carbocycles. The lowest BCUT2D eigenvalue weighted by Gasteiger charge is -2.19. The van der Waals surface area contributed by atoms with Gasteiger partial charge in [0.2, 0.25) is 5.91 Å². The first-order chi connectivity index (χ1) is 9.97. The number of rotatable bonds is 8. The van der Waals surface area contributed by atoms with Crippen molar-refractivity contribution in [3.05, 3.63) is 0 Å². The fourth-order valence-electron chi connectivity index (χ4n) is 1.71. The molecule has 1 fully saturated rings. The average Bonchev–Trinajstić information content (AvgIpc) is 2.76. The van der Waals surface area contributed by atoms with Gasteiger partial charge in [-0.3, -0.25) is 14.5 Å². The van der Waals surface area contributed by atoms with E-state index in [0.29, 0.717) is 5.06 Å². The molecule has 8 nitrogen and oxygen atoms in total. The van der Waals surface area contributed by atoms with Crippen molar-refractivity contribution in [3.8, 4) is 0 Å². The SMILES string of the molecule is CCN(CI)CC(=O)NCCC(=O)ON1C(=O)CCC1O. The molecule has 1 saturated heterocycles. The predicted octanol–water partition coefficient (Wildman–Crippen LogP) is -0.394. The molecule has 9 heteroatoms. The van der Waals surface area contributed by atoms with E-state index in [-0.39, 0.29) is 38.3 Å². The van der Waals surface area contributed by atoms with E-state index in [9.17, 15) is 19.5 Å². The van der Waals surface area contributed by atoms with Crippen molar-refractivity contribution in [2.45, 2.75) is 32.4 Å². The number of carbonyl (C=O) groups excluding carboxylic acids is 3. The maximum Gasteiger partial charge on any atom is 0.334 e. The molecule has 120 valence electrons. The van der Waals surface area contributed by atoms with Gasteiger partial charge < -0.3 is 15.3 Å². The number of aliphatic hydroxyl groups is 1. The van der Waals surface area contributed by atoms with Gasteiger partial charge in [-0.05, 0) is 6.54 Å². The smallest absolute Gasteiger partial charge is 0.334 e. The molecule has 1 atom stereocenters. The second-order valence-corrected chi connectivity index (χ2v) is 5.25. The Morgan fingerprint density at radius 1 is 1.57 bits per heavy atom.